The molecule has 1 heterocycles. The Morgan fingerprint density at radius 1 is 1.24 bits per heavy atom. The quantitative estimate of drug-likeness (QED) is 0.855. The Labute approximate surface area is 109 Å². The van der Waals surface area contributed by atoms with Crippen LogP contribution in [0.25, 0.3) is 0 Å². The summed E-state index contributed by atoms with van der Waals surface area (Å²) < 4.78 is 0. The topological polar surface area (TPSA) is 20.2 Å². The van der Waals surface area contributed by atoms with Gasteiger partial charge in [-0.15, -0.1) is 11.3 Å². The molecule has 0 radical (unpaired) electrons. The lowest BCUT2D eigenvalue weighted by molar-refractivity contribution is 0.0681. The average Bonchev–Trinajstić information content (AvgIpc) is 2.82. The molecule has 1 fully saturated rings. The highest BCUT2D eigenvalue weighted by molar-refractivity contribution is 7.09. The summed E-state index contributed by atoms with van der Waals surface area (Å²) in [6, 6.07) is 4.20. The van der Waals surface area contributed by atoms with E-state index in [0.717, 1.165) is 18.3 Å². The number of aliphatic hydroxyl groups excluding tert-OH is 1. The molecule has 96 valence electrons. The summed E-state index contributed by atoms with van der Waals surface area (Å²) in [5.74, 6) is 2.23. The molecule has 0 aliphatic heterocycles. The van der Waals surface area contributed by atoms with Gasteiger partial charge in [0.2, 0.25) is 0 Å². The largest absolute Gasteiger partial charge is 0.392 e. The van der Waals surface area contributed by atoms with E-state index in [1.807, 2.05) is 0 Å². The predicted octanol–water partition coefficient (Wildman–Crippen LogP) is 4.11. The Morgan fingerprint density at radius 2 is 1.88 bits per heavy atom. The molecule has 0 amide bonds. The zero-order chi connectivity index (χ0) is 12.3. The highest BCUT2D eigenvalue weighted by atomic mass is 32.1. The van der Waals surface area contributed by atoms with Crippen molar-refractivity contribution in [1.82, 2.24) is 0 Å². The van der Waals surface area contributed by atoms with E-state index in [1.54, 1.807) is 11.3 Å². The minimum Gasteiger partial charge on any atom is -0.392 e. The molecule has 2 heteroatoms. The molecule has 1 saturated carbocycles. The maximum Gasteiger partial charge on any atom is 0.0616 e. The van der Waals surface area contributed by atoms with Crippen LogP contribution in [0.3, 0.4) is 0 Å². The van der Waals surface area contributed by atoms with Gasteiger partial charge in [0.1, 0.15) is 0 Å². The van der Waals surface area contributed by atoms with Crippen molar-refractivity contribution in [3.63, 3.8) is 0 Å². The molecular formula is C15H24OS. The molecule has 1 aromatic heterocycles. The number of hydrogen-bond donors (Lipinski definition) is 1. The van der Waals surface area contributed by atoms with E-state index in [0.29, 0.717) is 5.92 Å². The molecule has 1 aromatic rings. The number of thiophene rings is 1. The van der Waals surface area contributed by atoms with Crippen LogP contribution in [0, 0.1) is 17.8 Å². The molecule has 1 nitrogen and oxygen atoms in total. The van der Waals surface area contributed by atoms with E-state index < -0.39 is 0 Å². The van der Waals surface area contributed by atoms with E-state index in [-0.39, 0.29) is 6.10 Å². The van der Waals surface area contributed by atoms with Crippen molar-refractivity contribution >= 4 is 11.3 Å². The van der Waals surface area contributed by atoms with E-state index in [9.17, 15) is 5.11 Å². The number of aliphatic hydroxyl groups is 1. The fourth-order valence-electron chi connectivity index (χ4n) is 3.00. The molecule has 0 saturated heterocycles. The Bertz CT molecular complexity index is 310. The Balaban J connectivity index is 1.80. The second kappa shape index (κ2) is 6.01. The summed E-state index contributed by atoms with van der Waals surface area (Å²) in [6.45, 7) is 4.65. The first-order chi connectivity index (χ1) is 8.16. The standard InChI is InChI=1S/C15H24OS/c1-11(2)12-5-7-13(8-6-12)15(16)10-14-4-3-9-17-14/h3-4,9,11-13,15-16H,5-8,10H2,1-2H3. The van der Waals surface area contributed by atoms with Crippen molar-refractivity contribution in [3.8, 4) is 0 Å². The molecule has 1 aliphatic rings. The average molecular weight is 252 g/mol. The predicted molar refractivity (Wildman–Crippen MR) is 74.3 cm³/mol. The summed E-state index contributed by atoms with van der Waals surface area (Å²) in [6.07, 6.45) is 5.79. The van der Waals surface area contributed by atoms with Gasteiger partial charge in [0.15, 0.2) is 0 Å². The van der Waals surface area contributed by atoms with Crippen LogP contribution in [0.1, 0.15) is 44.4 Å². The summed E-state index contributed by atoms with van der Waals surface area (Å²) in [5.41, 5.74) is 0. The number of rotatable bonds is 4. The molecule has 1 aliphatic carbocycles. The lowest BCUT2D eigenvalue weighted by atomic mass is 9.75. The Kier molecular flexibility index (Phi) is 4.63. The first-order valence-electron chi connectivity index (χ1n) is 6.87. The van der Waals surface area contributed by atoms with Crippen LogP contribution in [0.15, 0.2) is 17.5 Å². The SMILES string of the molecule is CC(C)C1CCC(C(O)Cc2cccs2)CC1. The molecule has 17 heavy (non-hydrogen) atoms. The van der Waals surface area contributed by atoms with Gasteiger partial charge in [-0.1, -0.05) is 19.9 Å². The summed E-state index contributed by atoms with van der Waals surface area (Å²) >= 11 is 1.76. The van der Waals surface area contributed by atoms with Crippen LogP contribution in [-0.2, 0) is 6.42 Å². The molecule has 1 atom stereocenters. The van der Waals surface area contributed by atoms with Crippen LogP contribution in [0.2, 0.25) is 0 Å². The fraction of sp³-hybridized carbons (Fsp3) is 0.733. The van der Waals surface area contributed by atoms with E-state index >= 15 is 0 Å². The van der Waals surface area contributed by atoms with Gasteiger partial charge in [-0.05, 0) is 54.9 Å². The zero-order valence-electron chi connectivity index (χ0n) is 10.9. The van der Waals surface area contributed by atoms with Crippen molar-refractivity contribution in [2.45, 2.75) is 52.1 Å². The minimum atomic E-state index is -0.123. The third-order valence-electron chi connectivity index (χ3n) is 4.29. The fourth-order valence-corrected chi connectivity index (χ4v) is 3.75. The van der Waals surface area contributed by atoms with Crippen molar-refractivity contribution in [2.24, 2.45) is 17.8 Å². The van der Waals surface area contributed by atoms with Gasteiger partial charge in [-0.25, -0.2) is 0 Å². The van der Waals surface area contributed by atoms with Crippen LogP contribution in [0.4, 0.5) is 0 Å². The van der Waals surface area contributed by atoms with Crippen LogP contribution in [-0.4, -0.2) is 11.2 Å². The zero-order valence-corrected chi connectivity index (χ0v) is 11.7. The van der Waals surface area contributed by atoms with Gasteiger partial charge in [0.25, 0.3) is 0 Å². The molecule has 0 bridgehead atoms. The lowest BCUT2D eigenvalue weighted by Crippen LogP contribution is -2.28. The van der Waals surface area contributed by atoms with Crippen molar-refractivity contribution in [1.29, 1.82) is 0 Å². The van der Waals surface area contributed by atoms with Crippen molar-refractivity contribution in [3.05, 3.63) is 22.4 Å². The molecule has 1 N–H and O–H groups in total. The lowest BCUT2D eigenvalue weighted by Gasteiger charge is -2.33. The molecule has 0 spiro atoms. The van der Waals surface area contributed by atoms with Gasteiger partial charge < -0.3 is 5.11 Å². The van der Waals surface area contributed by atoms with Crippen LogP contribution >= 0.6 is 11.3 Å². The van der Waals surface area contributed by atoms with Gasteiger partial charge in [-0.2, -0.15) is 0 Å². The normalized spacial score (nSPS) is 27.3. The van der Waals surface area contributed by atoms with Crippen molar-refractivity contribution in [2.75, 3.05) is 0 Å². The third-order valence-corrected chi connectivity index (χ3v) is 5.19. The smallest absolute Gasteiger partial charge is 0.0616 e. The van der Waals surface area contributed by atoms with Crippen molar-refractivity contribution < 1.29 is 5.11 Å². The van der Waals surface area contributed by atoms with Gasteiger partial charge in [0, 0.05) is 11.3 Å². The molecular weight excluding hydrogens is 228 g/mol. The summed E-state index contributed by atoms with van der Waals surface area (Å²) in [4.78, 5) is 1.32. The minimum absolute atomic E-state index is 0.123. The maximum atomic E-state index is 10.3. The molecule has 2 rings (SSSR count). The first kappa shape index (κ1) is 13.1. The maximum absolute atomic E-state index is 10.3. The van der Waals surface area contributed by atoms with E-state index in [2.05, 4.69) is 31.4 Å². The van der Waals surface area contributed by atoms with Crippen LogP contribution < -0.4 is 0 Å². The Morgan fingerprint density at radius 3 is 2.41 bits per heavy atom. The Hall–Kier alpha value is -0.340. The summed E-state index contributed by atoms with van der Waals surface area (Å²) in [5, 5.41) is 12.4. The monoisotopic (exact) mass is 252 g/mol. The van der Waals surface area contributed by atoms with Gasteiger partial charge in [0.05, 0.1) is 6.10 Å². The first-order valence-corrected chi connectivity index (χ1v) is 7.75. The highest BCUT2D eigenvalue weighted by Crippen LogP contribution is 2.35. The van der Waals surface area contributed by atoms with Gasteiger partial charge in [-0.3, -0.25) is 0 Å². The summed E-state index contributed by atoms with van der Waals surface area (Å²) in [7, 11) is 0. The molecule has 1 unspecified atom stereocenters. The van der Waals surface area contributed by atoms with Gasteiger partial charge >= 0.3 is 0 Å². The second-order valence-electron chi connectivity index (χ2n) is 5.77. The highest BCUT2D eigenvalue weighted by Gasteiger charge is 2.27. The van der Waals surface area contributed by atoms with Crippen LogP contribution in [0.5, 0.6) is 0 Å². The second-order valence-corrected chi connectivity index (χ2v) is 6.80. The third kappa shape index (κ3) is 3.56. The van der Waals surface area contributed by atoms with E-state index in [1.165, 1.54) is 30.6 Å². The number of hydrogen-bond acceptors (Lipinski definition) is 2. The van der Waals surface area contributed by atoms with E-state index in [4.69, 9.17) is 0 Å². The molecule has 0 aromatic carbocycles.